The van der Waals surface area contributed by atoms with Crippen molar-refractivity contribution in [1.29, 1.82) is 0 Å². The van der Waals surface area contributed by atoms with Gasteiger partial charge in [0.25, 0.3) is 5.91 Å². The SMILES string of the molecule is CNCC1CCCN(C(=O)c2ccnn2C)C1. The normalized spacial score (nSPS) is 20.6. The zero-order valence-corrected chi connectivity index (χ0v) is 10.5. The van der Waals surface area contributed by atoms with Gasteiger partial charge in [-0.1, -0.05) is 0 Å². The van der Waals surface area contributed by atoms with E-state index in [-0.39, 0.29) is 5.91 Å². The molecule has 0 saturated carbocycles. The van der Waals surface area contributed by atoms with Crippen LogP contribution >= 0.6 is 0 Å². The molecule has 1 fully saturated rings. The number of carbonyl (C=O) groups excluding carboxylic acids is 1. The highest BCUT2D eigenvalue weighted by Crippen LogP contribution is 2.17. The Morgan fingerprint density at radius 3 is 3.12 bits per heavy atom. The Labute approximate surface area is 102 Å². The van der Waals surface area contributed by atoms with Crippen LogP contribution in [0.2, 0.25) is 0 Å². The van der Waals surface area contributed by atoms with Crippen LogP contribution in [0, 0.1) is 5.92 Å². The Balaban J connectivity index is 2.02. The van der Waals surface area contributed by atoms with Crippen molar-refractivity contribution in [2.24, 2.45) is 13.0 Å². The van der Waals surface area contributed by atoms with Gasteiger partial charge in [-0.2, -0.15) is 5.10 Å². The molecule has 0 spiro atoms. The van der Waals surface area contributed by atoms with Crippen LogP contribution in [0.25, 0.3) is 0 Å². The molecule has 1 aliphatic heterocycles. The molecule has 0 aromatic carbocycles. The first-order chi connectivity index (χ1) is 8.22. The van der Waals surface area contributed by atoms with Crippen LogP contribution in [-0.4, -0.2) is 47.3 Å². The van der Waals surface area contributed by atoms with Crippen molar-refractivity contribution in [3.05, 3.63) is 18.0 Å². The second-order valence-corrected chi connectivity index (χ2v) is 4.66. The number of rotatable bonds is 3. The summed E-state index contributed by atoms with van der Waals surface area (Å²) >= 11 is 0. The third-order valence-electron chi connectivity index (χ3n) is 3.34. The third-order valence-corrected chi connectivity index (χ3v) is 3.34. The van der Waals surface area contributed by atoms with E-state index in [9.17, 15) is 4.79 Å². The van der Waals surface area contributed by atoms with Gasteiger partial charge in [-0.3, -0.25) is 9.48 Å². The van der Waals surface area contributed by atoms with E-state index in [1.165, 1.54) is 6.42 Å². The predicted molar refractivity (Wildman–Crippen MR) is 65.8 cm³/mol. The average molecular weight is 236 g/mol. The minimum atomic E-state index is 0.103. The van der Waals surface area contributed by atoms with Crippen molar-refractivity contribution in [2.45, 2.75) is 12.8 Å². The third kappa shape index (κ3) is 2.66. The molecule has 1 unspecified atom stereocenters. The molecule has 0 aliphatic carbocycles. The Morgan fingerprint density at radius 2 is 2.47 bits per heavy atom. The first-order valence-electron chi connectivity index (χ1n) is 6.14. The molecule has 2 heterocycles. The van der Waals surface area contributed by atoms with E-state index in [1.54, 1.807) is 16.9 Å². The number of nitrogens with zero attached hydrogens (tertiary/aromatic N) is 3. The van der Waals surface area contributed by atoms with E-state index in [1.807, 2.05) is 19.0 Å². The molecule has 94 valence electrons. The topological polar surface area (TPSA) is 50.2 Å². The predicted octanol–water partition coefficient (Wildman–Crippen LogP) is 0.492. The smallest absolute Gasteiger partial charge is 0.272 e. The molecule has 5 heteroatoms. The number of nitrogens with one attached hydrogen (secondary N) is 1. The summed E-state index contributed by atoms with van der Waals surface area (Å²) in [4.78, 5) is 14.2. The van der Waals surface area contributed by atoms with Crippen molar-refractivity contribution in [2.75, 3.05) is 26.7 Å². The fraction of sp³-hybridized carbons (Fsp3) is 0.667. The van der Waals surface area contributed by atoms with Crippen LogP contribution in [0.1, 0.15) is 23.3 Å². The number of aryl methyl sites for hydroxylation is 1. The van der Waals surface area contributed by atoms with E-state index < -0.39 is 0 Å². The molecule has 1 amide bonds. The lowest BCUT2D eigenvalue weighted by atomic mass is 9.98. The molecule has 2 rings (SSSR count). The molecular formula is C12H20N4O. The molecule has 1 aromatic heterocycles. The van der Waals surface area contributed by atoms with E-state index in [0.717, 1.165) is 26.1 Å². The van der Waals surface area contributed by atoms with Crippen LogP contribution in [0.5, 0.6) is 0 Å². The highest BCUT2D eigenvalue weighted by Gasteiger charge is 2.25. The quantitative estimate of drug-likeness (QED) is 0.831. The second-order valence-electron chi connectivity index (χ2n) is 4.66. The van der Waals surface area contributed by atoms with Gasteiger partial charge in [0.1, 0.15) is 5.69 Å². The summed E-state index contributed by atoms with van der Waals surface area (Å²) in [6, 6.07) is 1.78. The van der Waals surface area contributed by atoms with Crippen LogP contribution < -0.4 is 5.32 Å². The molecule has 1 N–H and O–H groups in total. The summed E-state index contributed by atoms with van der Waals surface area (Å²) < 4.78 is 1.64. The van der Waals surface area contributed by atoms with E-state index in [2.05, 4.69) is 10.4 Å². The molecule has 1 aliphatic rings. The second kappa shape index (κ2) is 5.31. The number of hydrogen-bond donors (Lipinski definition) is 1. The highest BCUT2D eigenvalue weighted by molar-refractivity contribution is 5.92. The summed E-state index contributed by atoms with van der Waals surface area (Å²) in [5, 5.41) is 7.23. The molecule has 0 radical (unpaired) electrons. The van der Waals surface area contributed by atoms with E-state index in [4.69, 9.17) is 0 Å². The van der Waals surface area contributed by atoms with Crippen LogP contribution in [0.15, 0.2) is 12.3 Å². The summed E-state index contributed by atoms with van der Waals surface area (Å²) in [7, 11) is 3.77. The number of hydrogen-bond acceptors (Lipinski definition) is 3. The lowest BCUT2D eigenvalue weighted by Crippen LogP contribution is -2.43. The first-order valence-corrected chi connectivity index (χ1v) is 6.14. The lowest BCUT2D eigenvalue weighted by Gasteiger charge is -2.32. The molecular weight excluding hydrogens is 216 g/mol. The number of piperidine rings is 1. The van der Waals surface area contributed by atoms with E-state index >= 15 is 0 Å². The minimum absolute atomic E-state index is 0.103. The van der Waals surface area contributed by atoms with Crippen LogP contribution in [0.3, 0.4) is 0 Å². The Bertz CT molecular complexity index is 386. The molecule has 1 atom stereocenters. The molecule has 17 heavy (non-hydrogen) atoms. The maximum atomic E-state index is 12.3. The Kier molecular flexibility index (Phi) is 3.78. The molecule has 1 saturated heterocycles. The van der Waals surface area contributed by atoms with Gasteiger partial charge in [-0.25, -0.2) is 0 Å². The number of carbonyl (C=O) groups is 1. The van der Waals surface area contributed by atoms with Gasteiger partial charge in [0, 0.05) is 26.3 Å². The fourth-order valence-electron chi connectivity index (χ4n) is 2.45. The van der Waals surface area contributed by atoms with Gasteiger partial charge < -0.3 is 10.2 Å². The van der Waals surface area contributed by atoms with Crippen molar-refractivity contribution >= 4 is 5.91 Å². The first kappa shape index (κ1) is 12.1. The minimum Gasteiger partial charge on any atom is -0.337 e. The van der Waals surface area contributed by atoms with Gasteiger partial charge in [0.2, 0.25) is 0 Å². The lowest BCUT2D eigenvalue weighted by molar-refractivity contribution is 0.0663. The van der Waals surface area contributed by atoms with Crippen LogP contribution in [0.4, 0.5) is 0 Å². The average Bonchev–Trinajstić information content (AvgIpc) is 2.75. The maximum Gasteiger partial charge on any atom is 0.272 e. The van der Waals surface area contributed by atoms with Gasteiger partial charge in [-0.05, 0) is 38.4 Å². The largest absolute Gasteiger partial charge is 0.337 e. The van der Waals surface area contributed by atoms with Crippen LogP contribution in [-0.2, 0) is 7.05 Å². The summed E-state index contributed by atoms with van der Waals surface area (Å²) in [5.74, 6) is 0.678. The van der Waals surface area contributed by atoms with Crippen molar-refractivity contribution < 1.29 is 4.79 Å². The van der Waals surface area contributed by atoms with Crippen molar-refractivity contribution in [3.8, 4) is 0 Å². The van der Waals surface area contributed by atoms with Gasteiger partial charge in [-0.15, -0.1) is 0 Å². The highest BCUT2D eigenvalue weighted by atomic mass is 16.2. The molecule has 0 bridgehead atoms. The van der Waals surface area contributed by atoms with Crippen molar-refractivity contribution in [1.82, 2.24) is 20.0 Å². The summed E-state index contributed by atoms with van der Waals surface area (Å²) in [6.45, 7) is 2.70. The number of aromatic nitrogens is 2. The van der Waals surface area contributed by atoms with Gasteiger partial charge in [0.05, 0.1) is 0 Å². The summed E-state index contributed by atoms with van der Waals surface area (Å²) in [5.41, 5.74) is 0.676. The van der Waals surface area contributed by atoms with Crippen molar-refractivity contribution in [3.63, 3.8) is 0 Å². The summed E-state index contributed by atoms with van der Waals surface area (Å²) in [6.07, 6.45) is 3.97. The zero-order chi connectivity index (χ0) is 12.3. The van der Waals surface area contributed by atoms with E-state index in [0.29, 0.717) is 11.6 Å². The number of likely N-dealkylation sites (tertiary alicyclic amines) is 1. The van der Waals surface area contributed by atoms with Gasteiger partial charge >= 0.3 is 0 Å². The fourth-order valence-corrected chi connectivity index (χ4v) is 2.45. The van der Waals surface area contributed by atoms with Gasteiger partial charge in [0.15, 0.2) is 0 Å². The zero-order valence-electron chi connectivity index (χ0n) is 10.5. The number of amides is 1. The monoisotopic (exact) mass is 236 g/mol. The standard InChI is InChI=1S/C12H20N4O/c1-13-8-10-4-3-7-16(9-10)12(17)11-5-6-14-15(11)2/h5-6,10,13H,3-4,7-9H2,1-2H3. The Hall–Kier alpha value is -1.36. The molecule has 5 nitrogen and oxygen atoms in total. The molecule has 1 aromatic rings. The maximum absolute atomic E-state index is 12.3. The Morgan fingerprint density at radius 1 is 1.65 bits per heavy atom.